The van der Waals surface area contributed by atoms with Gasteiger partial charge in [-0.25, -0.2) is 0 Å². The van der Waals surface area contributed by atoms with Crippen LogP contribution < -0.4 is 20.1 Å². The van der Waals surface area contributed by atoms with Gasteiger partial charge < -0.3 is 25.0 Å². The fourth-order valence-electron chi connectivity index (χ4n) is 5.32. The average Bonchev–Trinajstić information content (AvgIpc) is 2.98. The van der Waals surface area contributed by atoms with Crippen LogP contribution in [-0.2, 0) is 4.79 Å². The summed E-state index contributed by atoms with van der Waals surface area (Å²) >= 11 is 0. The SMILES string of the molecule is COc1cc(OC2CCN(C(=O)CCN3CCN(c4ccc(-c5ccccc5)cc4)CC3)CC2)ccc1N. The number of piperazine rings is 1. The lowest BCUT2D eigenvalue weighted by Crippen LogP contribution is -2.48. The van der Waals surface area contributed by atoms with Crippen LogP contribution in [0, 0.1) is 0 Å². The van der Waals surface area contributed by atoms with Gasteiger partial charge in [-0.3, -0.25) is 9.69 Å². The molecule has 0 bridgehead atoms. The highest BCUT2D eigenvalue weighted by atomic mass is 16.5. The Bertz CT molecular complexity index is 1190. The maximum atomic E-state index is 12.9. The molecule has 0 unspecified atom stereocenters. The van der Waals surface area contributed by atoms with Gasteiger partial charge in [0.05, 0.1) is 12.8 Å². The number of carbonyl (C=O) groups is 1. The number of nitrogens with zero attached hydrogens (tertiary/aromatic N) is 3. The Morgan fingerprint density at radius 1 is 0.868 bits per heavy atom. The number of piperidine rings is 1. The minimum absolute atomic E-state index is 0.0993. The van der Waals surface area contributed by atoms with Crippen molar-refractivity contribution < 1.29 is 14.3 Å². The molecule has 0 aliphatic carbocycles. The first-order valence-electron chi connectivity index (χ1n) is 13.6. The molecule has 7 heteroatoms. The van der Waals surface area contributed by atoms with Crippen LogP contribution in [0.2, 0.25) is 0 Å². The molecule has 2 N–H and O–H groups in total. The van der Waals surface area contributed by atoms with Gasteiger partial charge in [0, 0.05) is 76.8 Å². The third-order valence-electron chi connectivity index (χ3n) is 7.66. The summed E-state index contributed by atoms with van der Waals surface area (Å²) in [6.45, 7) is 6.23. The van der Waals surface area contributed by atoms with Gasteiger partial charge in [0.2, 0.25) is 5.91 Å². The first-order valence-corrected chi connectivity index (χ1v) is 13.6. The Hall–Kier alpha value is -3.71. The lowest BCUT2D eigenvalue weighted by Gasteiger charge is -2.37. The standard InChI is InChI=1S/C31H38N4O3/c1-37-30-23-28(11-12-29(30)32)38-27-13-17-35(18-14-27)31(36)15-16-33-19-21-34(22-20-33)26-9-7-25(8-10-26)24-5-3-2-4-6-24/h2-12,23,27H,13-22,32H2,1H3. The molecular weight excluding hydrogens is 476 g/mol. The molecule has 2 heterocycles. The van der Waals surface area contributed by atoms with E-state index in [0.717, 1.165) is 64.4 Å². The van der Waals surface area contributed by atoms with Crippen LogP contribution >= 0.6 is 0 Å². The maximum absolute atomic E-state index is 12.9. The molecule has 0 aromatic heterocycles. The van der Waals surface area contributed by atoms with E-state index in [1.54, 1.807) is 13.2 Å². The number of rotatable bonds is 8. The van der Waals surface area contributed by atoms with Crippen molar-refractivity contribution >= 4 is 17.3 Å². The van der Waals surface area contributed by atoms with Crippen LogP contribution in [0.1, 0.15) is 19.3 Å². The molecular formula is C31H38N4O3. The third-order valence-corrected chi connectivity index (χ3v) is 7.66. The fraction of sp³-hybridized carbons (Fsp3) is 0.387. The number of nitrogens with two attached hydrogens (primary N) is 1. The highest BCUT2D eigenvalue weighted by Crippen LogP contribution is 2.29. The minimum Gasteiger partial charge on any atom is -0.494 e. The first-order chi connectivity index (χ1) is 18.6. The summed E-state index contributed by atoms with van der Waals surface area (Å²) in [5.74, 6) is 1.63. The Balaban J connectivity index is 1.02. The van der Waals surface area contributed by atoms with Crippen molar-refractivity contribution in [1.29, 1.82) is 0 Å². The van der Waals surface area contributed by atoms with E-state index in [1.165, 1.54) is 16.8 Å². The quantitative estimate of drug-likeness (QED) is 0.446. The monoisotopic (exact) mass is 514 g/mol. The smallest absolute Gasteiger partial charge is 0.223 e. The van der Waals surface area contributed by atoms with E-state index < -0.39 is 0 Å². The number of likely N-dealkylation sites (tertiary alicyclic amines) is 1. The lowest BCUT2D eigenvalue weighted by atomic mass is 10.1. The minimum atomic E-state index is 0.0993. The molecule has 2 saturated heterocycles. The van der Waals surface area contributed by atoms with Crippen LogP contribution in [0.4, 0.5) is 11.4 Å². The van der Waals surface area contributed by atoms with Crippen LogP contribution in [0.5, 0.6) is 11.5 Å². The van der Waals surface area contributed by atoms with E-state index in [4.69, 9.17) is 15.2 Å². The number of ether oxygens (including phenoxy) is 2. The Morgan fingerprint density at radius 2 is 1.55 bits per heavy atom. The van der Waals surface area contributed by atoms with Gasteiger partial charge in [-0.1, -0.05) is 42.5 Å². The van der Waals surface area contributed by atoms with Crippen molar-refractivity contribution in [3.63, 3.8) is 0 Å². The molecule has 2 aliphatic heterocycles. The highest BCUT2D eigenvalue weighted by Gasteiger charge is 2.25. The largest absolute Gasteiger partial charge is 0.494 e. The highest BCUT2D eigenvalue weighted by molar-refractivity contribution is 5.76. The van der Waals surface area contributed by atoms with E-state index >= 15 is 0 Å². The molecule has 0 spiro atoms. The zero-order valence-electron chi connectivity index (χ0n) is 22.2. The number of methoxy groups -OCH3 is 1. The summed E-state index contributed by atoms with van der Waals surface area (Å²) in [6, 6.07) is 24.8. The third kappa shape index (κ3) is 6.40. The van der Waals surface area contributed by atoms with Crippen molar-refractivity contribution in [3.8, 4) is 22.6 Å². The maximum Gasteiger partial charge on any atom is 0.223 e. The molecule has 3 aromatic rings. The molecule has 2 aliphatic rings. The summed E-state index contributed by atoms with van der Waals surface area (Å²) in [5.41, 5.74) is 10.2. The van der Waals surface area contributed by atoms with E-state index in [2.05, 4.69) is 58.3 Å². The zero-order chi connectivity index (χ0) is 26.3. The van der Waals surface area contributed by atoms with Gasteiger partial charge >= 0.3 is 0 Å². The summed E-state index contributed by atoms with van der Waals surface area (Å²) in [4.78, 5) is 19.7. The van der Waals surface area contributed by atoms with Crippen molar-refractivity contribution in [3.05, 3.63) is 72.8 Å². The summed E-state index contributed by atoms with van der Waals surface area (Å²) in [7, 11) is 1.60. The predicted molar refractivity (Wildman–Crippen MR) is 153 cm³/mol. The molecule has 5 rings (SSSR count). The van der Waals surface area contributed by atoms with Gasteiger partial charge in [-0.05, 0) is 35.4 Å². The Morgan fingerprint density at radius 3 is 2.24 bits per heavy atom. The number of hydrogen-bond acceptors (Lipinski definition) is 6. The van der Waals surface area contributed by atoms with Gasteiger partial charge in [0.15, 0.2) is 0 Å². The van der Waals surface area contributed by atoms with E-state index in [0.29, 0.717) is 17.9 Å². The topological polar surface area (TPSA) is 71.3 Å². The second-order valence-corrected chi connectivity index (χ2v) is 10.1. The summed E-state index contributed by atoms with van der Waals surface area (Å²) in [5, 5.41) is 0. The van der Waals surface area contributed by atoms with Crippen molar-refractivity contribution in [2.75, 3.05) is 63.6 Å². The van der Waals surface area contributed by atoms with Gasteiger partial charge in [0.1, 0.15) is 17.6 Å². The number of hydrogen-bond donors (Lipinski definition) is 1. The molecule has 0 atom stereocenters. The molecule has 0 saturated carbocycles. The lowest BCUT2D eigenvalue weighted by molar-refractivity contribution is -0.133. The van der Waals surface area contributed by atoms with Crippen LogP contribution in [0.3, 0.4) is 0 Å². The molecule has 1 amide bonds. The molecule has 7 nitrogen and oxygen atoms in total. The van der Waals surface area contributed by atoms with Crippen LogP contribution in [-0.4, -0.2) is 74.7 Å². The number of anilines is 2. The second-order valence-electron chi connectivity index (χ2n) is 10.1. The predicted octanol–water partition coefficient (Wildman–Crippen LogP) is 4.53. The molecule has 2 fully saturated rings. The number of carbonyl (C=O) groups excluding carboxylic acids is 1. The summed E-state index contributed by atoms with van der Waals surface area (Å²) < 4.78 is 11.4. The number of nitrogen functional groups attached to an aromatic ring is 1. The fourth-order valence-corrected chi connectivity index (χ4v) is 5.32. The number of amides is 1. The van der Waals surface area contributed by atoms with Gasteiger partial charge in [0.25, 0.3) is 0 Å². The average molecular weight is 515 g/mol. The van der Waals surface area contributed by atoms with Crippen molar-refractivity contribution in [1.82, 2.24) is 9.80 Å². The molecule has 0 radical (unpaired) electrons. The van der Waals surface area contributed by atoms with E-state index in [9.17, 15) is 4.79 Å². The van der Waals surface area contributed by atoms with Crippen molar-refractivity contribution in [2.24, 2.45) is 0 Å². The second kappa shape index (κ2) is 12.2. The molecule has 38 heavy (non-hydrogen) atoms. The van der Waals surface area contributed by atoms with Gasteiger partial charge in [-0.15, -0.1) is 0 Å². The van der Waals surface area contributed by atoms with Crippen LogP contribution in [0.25, 0.3) is 11.1 Å². The molecule has 3 aromatic carbocycles. The van der Waals surface area contributed by atoms with Crippen molar-refractivity contribution in [2.45, 2.75) is 25.4 Å². The first kappa shape index (κ1) is 25.9. The van der Waals surface area contributed by atoms with E-state index in [1.807, 2.05) is 23.1 Å². The summed E-state index contributed by atoms with van der Waals surface area (Å²) in [6.07, 6.45) is 2.34. The zero-order valence-corrected chi connectivity index (χ0v) is 22.2. The Labute approximate surface area is 225 Å². The van der Waals surface area contributed by atoms with Crippen LogP contribution in [0.15, 0.2) is 72.8 Å². The molecule has 200 valence electrons. The normalized spacial score (nSPS) is 16.9. The Kier molecular flexibility index (Phi) is 8.34. The number of benzene rings is 3. The van der Waals surface area contributed by atoms with Gasteiger partial charge in [-0.2, -0.15) is 0 Å². The van der Waals surface area contributed by atoms with E-state index in [-0.39, 0.29) is 12.0 Å².